The maximum Gasteiger partial charge on any atom is 0.204 e. The zero-order chi connectivity index (χ0) is 18.1. The van der Waals surface area contributed by atoms with Gasteiger partial charge in [-0.2, -0.15) is 0 Å². The summed E-state index contributed by atoms with van der Waals surface area (Å²) in [6.07, 6.45) is 3.69. The molecule has 5 nitrogen and oxygen atoms in total. The van der Waals surface area contributed by atoms with Gasteiger partial charge in [-0.3, -0.25) is 4.79 Å². The number of aromatic hydroxyl groups is 2. The molecule has 0 aliphatic heterocycles. The van der Waals surface area contributed by atoms with Crippen molar-refractivity contribution in [2.24, 2.45) is 0 Å². The Bertz CT molecular complexity index is 1040. The second-order valence-electron chi connectivity index (χ2n) is 6.12. The Labute approximate surface area is 144 Å². The van der Waals surface area contributed by atoms with Crippen LogP contribution in [0.1, 0.15) is 19.4 Å². The van der Waals surface area contributed by atoms with Crippen LogP contribution in [0.5, 0.6) is 17.2 Å². The number of fused-ring (bicyclic) bond motifs is 1. The highest BCUT2D eigenvalue weighted by Gasteiger charge is 2.14. The average molecular weight is 337 g/mol. The topological polar surface area (TPSA) is 93.7 Å². The van der Waals surface area contributed by atoms with E-state index in [9.17, 15) is 20.1 Å². The monoisotopic (exact) mass is 337 g/mol. The highest BCUT2D eigenvalue weighted by Crippen LogP contribution is 2.30. The third-order valence-electron chi connectivity index (χ3n) is 3.94. The maximum absolute atomic E-state index is 12.7. The molecule has 5 heteroatoms. The minimum absolute atomic E-state index is 0.00708. The largest absolute Gasteiger partial charge is 0.872 e. The van der Waals surface area contributed by atoms with Crippen LogP contribution >= 0.6 is 0 Å². The number of allylic oxidation sites excluding steroid dienone is 2. The van der Waals surface area contributed by atoms with E-state index in [0.29, 0.717) is 17.5 Å². The summed E-state index contributed by atoms with van der Waals surface area (Å²) < 4.78 is 5.40. The minimum atomic E-state index is -0.425. The van der Waals surface area contributed by atoms with Crippen molar-refractivity contribution in [3.63, 3.8) is 0 Å². The normalized spacial score (nSPS) is 10.8. The first-order valence-corrected chi connectivity index (χ1v) is 7.78. The molecule has 0 bridgehead atoms. The molecule has 0 unspecified atom stereocenters. The summed E-state index contributed by atoms with van der Waals surface area (Å²) in [5.41, 5.74) is 2.13. The van der Waals surface area contributed by atoms with Crippen LogP contribution in [-0.2, 0) is 6.42 Å². The van der Waals surface area contributed by atoms with Crippen molar-refractivity contribution in [2.45, 2.75) is 20.3 Å². The van der Waals surface area contributed by atoms with Crippen LogP contribution in [0.15, 0.2) is 57.5 Å². The molecular formula is C20H17O5-. The van der Waals surface area contributed by atoms with Crippen molar-refractivity contribution < 1.29 is 19.7 Å². The fourth-order valence-electron chi connectivity index (χ4n) is 2.64. The lowest BCUT2D eigenvalue weighted by Crippen LogP contribution is -2.06. The predicted octanol–water partition coefficient (Wildman–Crippen LogP) is 3.45. The van der Waals surface area contributed by atoms with E-state index >= 15 is 0 Å². The van der Waals surface area contributed by atoms with E-state index in [2.05, 4.69) is 0 Å². The fourth-order valence-corrected chi connectivity index (χ4v) is 2.64. The van der Waals surface area contributed by atoms with Crippen molar-refractivity contribution in [2.75, 3.05) is 0 Å². The summed E-state index contributed by atoms with van der Waals surface area (Å²) in [6.45, 7) is 3.90. The summed E-state index contributed by atoms with van der Waals surface area (Å²) in [5.74, 6) is -0.643. The van der Waals surface area contributed by atoms with Crippen LogP contribution in [-0.4, -0.2) is 10.2 Å². The van der Waals surface area contributed by atoms with Crippen LogP contribution in [0.3, 0.4) is 0 Å². The van der Waals surface area contributed by atoms with Gasteiger partial charge in [0.05, 0.1) is 5.56 Å². The van der Waals surface area contributed by atoms with Gasteiger partial charge in [0.1, 0.15) is 28.7 Å². The molecule has 1 heterocycles. The zero-order valence-corrected chi connectivity index (χ0v) is 13.9. The predicted molar refractivity (Wildman–Crippen MR) is 93.8 cm³/mol. The van der Waals surface area contributed by atoms with Crippen LogP contribution in [0, 0.1) is 0 Å². The average Bonchev–Trinajstić information content (AvgIpc) is 2.54. The Morgan fingerprint density at radius 2 is 1.96 bits per heavy atom. The molecule has 25 heavy (non-hydrogen) atoms. The van der Waals surface area contributed by atoms with Gasteiger partial charge in [0.25, 0.3) is 0 Å². The van der Waals surface area contributed by atoms with Crippen LogP contribution in [0.4, 0.5) is 0 Å². The molecule has 0 aliphatic rings. The first kappa shape index (κ1) is 16.6. The number of rotatable bonds is 3. The number of hydrogen-bond donors (Lipinski definition) is 2. The van der Waals surface area contributed by atoms with Crippen molar-refractivity contribution in [3.8, 4) is 28.4 Å². The van der Waals surface area contributed by atoms with Gasteiger partial charge in [0, 0.05) is 12.1 Å². The van der Waals surface area contributed by atoms with E-state index in [-0.39, 0.29) is 33.8 Å². The van der Waals surface area contributed by atoms with E-state index in [1.54, 1.807) is 12.1 Å². The van der Waals surface area contributed by atoms with Gasteiger partial charge in [-0.15, -0.1) is 5.75 Å². The van der Waals surface area contributed by atoms with Gasteiger partial charge in [0.2, 0.25) is 5.43 Å². The standard InChI is InChI=1S/C20H18O5/c1-11(2)3-4-13-7-12(5-6-16(13)22)15-10-25-18-9-14(21)8-17(23)19(18)20(15)24/h3,5-10,21-23H,4H2,1-2H3/p-1. The molecule has 1 aromatic heterocycles. The number of benzene rings is 2. The van der Waals surface area contributed by atoms with Gasteiger partial charge in [-0.25, -0.2) is 0 Å². The lowest BCUT2D eigenvalue weighted by Gasteiger charge is -2.14. The van der Waals surface area contributed by atoms with E-state index in [1.807, 2.05) is 19.9 Å². The Morgan fingerprint density at radius 1 is 1.20 bits per heavy atom. The molecule has 3 rings (SSSR count). The first-order chi connectivity index (χ1) is 11.9. The van der Waals surface area contributed by atoms with E-state index in [1.165, 1.54) is 18.4 Å². The number of hydrogen-bond acceptors (Lipinski definition) is 5. The summed E-state index contributed by atoms with van der Waals surface area (Å²) >= 11 is 0. The highest BCUT2D eigenvalue weighted by molar-refractivity contribution is 5.88. The molecule has 2 aromatic carbocycles. The van der Waals surface area contributed by atoms with Gasteiger partial charge >= 0.3 is 0 Å². The summed E-state index contributed by atoms with van der Waals surface area (Å²) in [7, 11) is 0. The second-order valence-corrected chi connectivity index (χ2v) is 6.12. The summed E-state index contributed by atoms with van der Waals surface area (Å²) in [4.78, 5) is 12.7. The number of phenols is 2. The minimum Gasteiger partial charge on any atom is -0.872 e. The van der Waals surface area contributed by atoms with Crippen molar-refractivity contribution in [1.29, 1.82) is 0 Å². The highest BCUT2D eigenvalue weighted by atomic mass is 16.3. The van der Waals surface area contributed by atoms with Crippen molar-refractivity contribution in [1.82, 2.24) is 0 Å². The van der Waals surface area contributed by atoms with Crippen LogP contribution in [0.25, 0.3) is 22.1 Å². The lowest BCUT2D eigenvalue weighted by molar-refractivity contribution is -0.269. The van der Waals surface area contributed by atoms with Crippen LogP contribution < -0.4 is 10.5 Å². The molecule has 0 atom stereocenters. The van der Waals surface area contributed by atoms with E-state index < -0.39 is 5.43 Å². The van der Waals surface area contributed by atoms with Crippen molar-refractivity contribution >= 4 is 11.0 Å². The molecule has 0 fully saturated rings. The quantitative estimate of drug-likeness (QED) is 0.714. The molecule has 0 aliphatic carbocycles. The molecule has 0 spiro atoms. The molecule has 0 amide bonds. The molecule has 0 saturated carbocycles. The Hall–Kier alpha value is -3.21. The molecule has 3 aromatic rings. The Balaban J connectivity index is 2.17. The van der Waals surface area contributed by atoms with Crippen molar-refractivity contribution in [3.05, 3.63) is 64.0 Å². The molecule has 0 saturated heterocycles. The fraction of sp³-hybridized carbons (Fsp3) is 0.150. The Morgan fingerprint density at radius 3 is 2.68 bits per heavy atom. The van der Waals surface area contributed by atoms with Gasteiger partial charge in [-0.1, -0.05) is 35.4 Å². The summed E-state index contributed by atoms with van der Waals surface area (Å²) in [5, 5.41) is 31.5. The molecule has 128 valence electrons. The second kappa shape index (κ2) is 6.36. The zero-order valence-electron chi connectivity index (χ0n) is 13.9. The lowest BCUT2D eigenvalue weighted by atomic mass is 10.00. The van der Waals surface area contributed by atoms with Crippen LogP contribution in [0.2, 0.25) is 0 Å². The van der Waals surface area contributed by atoms with Gasteiger partial charge in [0.15, 0.2) is 0 Å². The smallest absolute Gasteiger partial charge is 0.204 e. The SMILES string of the molecule is CC(C)=CCc1cc(-c2coc3cc(O)cc(O)c3c2=O)ccc1[O-]. The third kappa shape index (κ3) is 3.21. The molecule has 0 radical (unpaired) electrons. The third-order valence-corrected chi connectivity index (χ3v) is 3.94. The molecular weight excluding hydrogens is 320 g/mol. The Kier molecular flexibility index (Phi) is 4.23. The van der Waals surface area contributed by atoms with E-state index in [4.69, 9.17) is 4.42 Å². The van der Waals surface area contributed by atoms with Gasteiger partial charge < -0.3 is 19.7 Å². The summed E-state index contributed by atoms with van der Waals surface area (Å²) in [6, 6.07) is 7.00. The first-order valence-electron chi connectivity index (χ1n) is 7.78. The maximum atomic E-state index is 12.7. The number of phenolic OH excluding ortho intramolecular Hbond substituents is 2. The molecule has 2 N–H and O–H groups in total. The van der Waals surface area contributed by atoms with Gasteiger partial charge in [-0.05, 0) is 25.8 Å². The van der Waals surface area contributed by atoms with E-state index in [0.717, 1.165) is 11.6 Å².